The third-order valence-corrected chi connectivity index (χ3v) is 1.93. The van der Waals surface area contributed by atoms with Crippen LogP contribution < -0.4 is 16.0 Å². The van der Waals surface area contributed by atoms with Crippen LogP contribution in [0.5, 0.6) is 0 Å². The van der Waals surface area contributed by atoms with E-state index in [4.69, 9.17) is 5.73 Å². The second-order valence-corrected chi connectivity index (χ2v) is 2.99. The molecule has 1 amide bonds. The first kappa shape index (κ1) is 11.2. The minimum absolute atomic E-state index is 0.151. The van der Waals surface area contributed by atoms with E-state index in [2.05, 4.69) is 15.3 Å². The minimum atomic E-state index is -0.381. The molecule has 0 unspecified atom stereocenters. The van der Waals surface area contributed by atoms with Gasteiger partial charge < -0.3 is 16.0 Å². The summed E-state index contributed by atoms with van der Waals surface area (Å²) < 4.78 is 0. The normalized spacial score (nSPS) is 9.73. The number of primary amides is 1. The van der Waals surface area contributed by atoms with Crippen molar-refractivity contribution in [1.82, 2.24) is 9.97 Å². The molecule has 0 aliphatic heterocycles. The van der Waals surface area contributed by atoms with Crippen molar-refractivity contribution in [2.24, 2.45) is 5.73 Å². The average molecular weight is 209 g/mol. The number of nitrogens with one attached hydrogen (secondary N) is 1. The van der Waals surface area contributed by atoms with Gasteiger partial charge in [0.1, 0.15) is 11.6 Å². The van der Waals surface area contributed by atoms with E-state index in [-0.39, 0.29) is 12.5 Å². The van der Waals surface area contributed by atoms with Crippen LogP contribution in [0.4, 0.5) is 11.6 Å². The Hall–Kier alpha value is -1.85. The highest BCUT2D eigenvalue weighted by molar-refractivity contribution is 5.79. The van der Waals surface area contributed by atoms with Gasteiger partial charge in [0, 0.05) is 13.6 Å². The van der Waals surface area contributed by atoms with Crippen molar-refractivity contribution >= 4 is 17.5 Å². The Kier molecular flexibility index (Phi) is 3.84. The smallest absolute Gasteiger partial charge is 0.236 e. The van der Waals surface area contributed by atoms with Crippen LogP contribution in [0.2, 0.25) is 0 Å². The first-order chi connectivity index (χ1) is 7.17. The van der Waals surface area contributed by atoms with Gasteiger partial charge in [-0.3, -0.25) is 9.78 Å². The predicted octanol–water partition coefficient (Wildman–Crippen LogP) is -0.170. The van der Waals surface area contributed by atoms with Crippen LogP contribution in [-0.2, 0) is 4.79 Å². The largest absolute Gasteiger partial charge is 0.372 e. The zero-order valence-corrected chi connectivity index (χ0v) is 8.90. The molecule has 15 heavy (non-hydrogen) atoms. The van der Waals surface area contributed by atoms with E-state index >= 15 is 0 Å². The molecular formula is C9H15N5O. The van der Waals surface area contributed by atoms with Crippen molar-refractivity contribution in [3.8, 4) is 0 Å². The monoisotopic (exact) mass is 209 g/mol. The number of aromatic nitrogens is 2. The van der Waals surface area contributed by atoms with Crippen molar-refractivity contribution in [2.75, 3.05) is 30.4 Å². The molecule has 0 bridgehead atoms. The van der Waals surface area contributed by atoms with E-state index in [0.717, 1.165) is 0 Å². The summed E-state index contributed by atoms with van der Waals surface area (Å²) in [5.74, 6) is 0.923. The molecule has 82 valence electrons. The summed E-state index contributed by atoms with van der Waals surface area (Å²) in [6.07, 6.45) is 3.22. The topological polar surface area (TPSA) is 84.1 Å². The van der Waals surface area contributed by atoms with Crippen LogP contribution in [0, 0.1) is 0 Å². The van der Waals surface area contributed by atoms with Crippen LogP contribution in [0.1, 0.15) is 6.92 Å². The standard InChI is InChI=1S/C9H15N5O/c1-3-14(6-7(10)15)9-5-12-4-8(11-2)13-9/h4-5H,3,6H2,1-2H3,(H2,10,15)(H,11,13). The zero-order chi connectivity index (χ0) is 11.3. The summed E-state index contributed by atoms with van der Waals surface area (Å²) in [5.41, 5.74) is 5.13. The molecule has 0 spiro atoms. The lowest BCUT2D eigenvalue weighted by Gasteiger charge is -2.19. The third kappa shape index (κ3) is 3.08. The van der Waals surface area contributed by atoms with E-state index < -0.39 is 0 Å². The fraction of sp³-hybridized carbons (Fsp3) is 0.444. The lowest BCUT2D eigenvalue weighted by atomic mass is 10.4. The number of likely N-dealkylation sites (N-methyl/N-ethyl adjacent to an activating group) is 1. The van der Waals surface area contributed by atoms with Gasteiger partial charge in [0.15, 0.2) is 0 Å². The molecule has 0 fully saturated rings. The maximum atomic E-state index is 10.8. The molecular weight excluding hydrogens is 194 g/mol. The van der Waals surface area contributed by atoms with Crippen molar-refractivity contribution in [1.29, 1.82) is 0 Å². The van der Waals surface area contributed by atoms with Crippen LogP contribution in [0.15, 0.2) is 12.4 Å². The fourth-order valence-corrected chi connectivity index (χ4v) is 1.17. The fourth-order valence-electron chi connectivity index (χ4n) is 1.17. The molecule has 0 aliphatic rings. The third-order valence-electron chi connectivity index (χ3n) is 1.93. The van der Waals surface area contributed by atoms with Gasteiger partial charge in [-0.2, -0.15) is 0 Å². The Bertz CT molecular complexity index is 341. The molecule has 1 aromatic heterocycles. The SMILES string of the molecule is CCN(CC(N)=O)c1cncc(NC)n1. The minimum Gasteiger partial charge on any atom is -0.372 e. The van der Waals surface area contributed by atoms with Gasteiger partial charge >= 0.3 is 0 Å². The second-order valence-electron chi connectivity index (χ2n) is 2.99. The number of rotatable bonds is 5. The first-order valence-corrected chi connectivity index (χ1v) is 4.70. The van der Waals surface area contributed by atoms with Crippen LogP contribution in [-0.4, -0.2) is 36.0 Å². The van der Waals surface area contributed by atoms with Gasteiger partial charge in [0.25, 0.3) is 0 Å². The second kappa shape index (κ2) is 5.14. The zero-order valence-electron chi connectivity index (χ0n) is 8.90. The van der Waals surface area contributed by atoms with E-state index in [1.54, 1.807) is 24.3 Å². The molecule has 0 radical (unpaired) electrons. The molecule has 0 atom stereocenters. The molecule has 0 aromatic carbocycles. The number of hydrogen-bond acceptors (Lipinski definition) is 5. The molecule has 0 aliphatic carbocycles. The Balaban J connectivity index is 2.85. The van der Waals surface area contributed by atoms with Crippen molar-refractivity contribution in [3.05, 3.63) is 12.4 Å². The van der Waals surface area contributed by atoms with Crippen LogP contribution in [0.3, 0.4) is 0 Å². The average Bonchev–Trinajstić information content (AvgIpc) is 2.25. The van der Waals surface area contributed by atoms with Crippen molar-refractivity contribution in [2.45, 2.75) is 6.92 Å². The summed E-state index contributed by atoms with van der Waals surface area (Å²) in [7, 11) is 1.76. The molecule has 6 heteroatoms. The highest BCUT2D eigenvalue weighted by Crippen LogP contribution is 2.10. The van der Waals surface area contributed by atoms with Gasteiger partial charge in [-0.15, -0.1) is 0 Å². The Labute approximate surface area is 88.5 Å². The van der Waals surface area contributed by atoms with Crippen molar-refractivity contribution < 1.29 is 4.79 Å². The molecule has 1 rings (SSSR count). The highest BCUT2D eigenvalue weighted by atomic mass is 16.1. The molecule has 3 N–H and O–H groups in total. The molecule has 0 saturated carbocycles. The van der Waals surface area contributed by atoms with E-state index in [9.17, 15) is 4.79 Å². The number of amides is 1. The first-order valence-electron chi connectivity index (χ1n) is 4.70. The summed E-state index contributed by atoms with van der Waals surface area (Å²) in [6.45, 7) is 2.74. The number of hydrogen-bond donors (Lipinski definition) is 2. The molecule has 1 heterocycles. The molecule has 0 saturated heterocycles. The Morgan fingerprint density at radius 3 is 2.87 bits per heavy atom. The predicted molar refractivity (Wildman–Crippen MR) is 58.7 cm³/mol. The number of nitrogens with zero attached hydrogens (tertiary/aromatic N) is 3. The van der Waals surface area contributed by atoms with Crippen molar-refractivity contribution in [3.63, 3.8) is 0 Å². The number of nitrogens with two attached hydrogens (primary N) is 1. The molecule has 6 nitrogen and oxygen atoms in total. The van der Waals surface area contributed by atoms with Crippen LogP contribution in [0.25, 0.3) is 0 Å². The van der Waals surface area contributed by atoms with E-state index in [0.29, 0.717) is 18.2 Å². The maximum Gasteiger partial charge on any atom is 0.236 e. The molecule has 1 aromatic rings. The summed E-state index contributed by atoms with van der Waals surface area (Å²) in [5, 5.41) is 2.88. The van der Waals surface area contributed by atoms with Gasteiger partial charge in [0.2, 0.25) is 5.91 Å². The summed E-state index contributed by atoms with van der Waals surface area (Å²) in [6, 6.07) is 0. The van der Waals surface area contributed by atoms with Gasteiger partial charge in [0.05, 0.1) is 18.9 Å². The Morgan fingerprint density at radius 2 is 2.33 bits per heavy atom. The lowest BCUT2D eigenvalue weighted by molar-refractivity contribution is -0.116. The number of anilines is 2. The maximum absolute atomic E-state index is 10.8. The highest BCUT2D eigenvalue weighted by Gasteiger charge is 2.09. The Morgan fingerprint density at radius 1 is 1.60 bits per heavy atom. The number of carbonyl (C=O) groups is 1. The quantitative estimate of drug-likeness (QED) is 0.703. The summed E-state index contributed by atoms with van der Waals surface area (Å²) in [4.78, 5) is 20.8. The van der Waals surface area contributed by atoms with E-state index in [1.807, 2.05) is 6.92 Å². The van der Waals surface area contributed by atoms with Gasteiger partial charge in [-0.25, -0.2) is 4.98 Å². The van der Waals surface area contributed by atoms with Crippen LogP contribution >= 0.6 is 0 Å². The summed E-state index contributed by atoms with van der Waals surface area (Å²) >= 11 is 0. The number of carbonyl (C=O) groups excluding carboxylic acids is 1. The lowest BCUT2D eigenvalue weighted by Crippen LogP contribution is -2.34. The van der Waals surface area contributed by atoms with Gasteiger partial charge in [-0.05, 0) is 6.92 Å². The van der Waals surface area contributed by atoms with E-state index in [1.165, 1.54) is 0 Å². The van der Waals surface area contributed by atoms with Gasteiger partial charge in [-0.1, -0.05) is 0 Å².